The zero-order chi connectivity index (χ0) is 14.0. The number of hydrogen-bond donors (Lipinski definition) is 3. The lowest BCUT2D eigenvalue weighted by molar-refractivity contribution is 0.100. The second-order valence-corrected chi connectivity index (χ2v) is 4.73. The first kappa shape index (κ1) is 13.5. The maximum atomic E-state index is 11.4. The van der Waals surface area contributed by atoms with Crippen molar-refractivity contribution in [2.45, 2.75) is 0 Å². The van der Waals surface area contributed by atoms with E-state index in [0.717, 1.165) is 0 Å². The third-order valence-corrected chi connectivity index (χ3v) is 3.11. The highest BCUT2D eigenvalue weighted by Gasteiger charge is 2.12. The predicted octanol–water partition coefficient (Wildman–Crippen LogP) is 3.42. The summed E-state index contributed by atoms with van der Waals surface area (Å²) in [6, 6.07) is 9.85. The van der Waals surface area contributed by atoms with E-state index >= 15 is 0 Å². The van der Waals surface area contributed by atoms with Crippen molar-refractivity contribution in [2.24, 2.45) is 5.73 Å². The second kappa shape index (κ2) is 5.38. The Hall–Kier alpha value is -1.91. The molecule has 2 rings (SSSR count). The molecule has 0 aliphatic rings. The fraction of sp³-hybridized carbons (Fsp3) is 0. The van der Waals surface area contributed by atoms with Crippen LogP contribution in [0.25, 0.3) is 0 Å². The molecular weight excluding hydrogens is 285 g/mol. The Morgan fingerprint density at radius 1 is 1.16 bits per heavy atom. The number of halogens is 2. The van der Waals surface area contributed by atoms with E-state index < -0.39 is 5.91 Å². The standard InChI is InChI=1S/C13H11Cl2N3O/c14-7-4-5-9(15)11(6-7)18-12-8(13(17)19)2-1-3-10(12)16/h1-6,18H,16H2,(H2,17,19). The summed E-state index contributed by atoms with van der Waals surface area (Å²) in [5.41, 5.74) is 12.8. The minimum atomic E-state index is -0.576. The minimum Gasteiger partial charge on any atom is -0.397 e. The number of carbonyl (C=O) groups excluding carboxylic acids is 1. The largest absolute Gasteiger partial charge is 0.397 e. The maximum Gasteiger partial charge on any atom is 0.250 e. The first-order chi connectivity index (χ1) is 8.99. The van der Waals surface area contributed by atoms with Crippen LogP contribution < -0.4 is 16.8 Å². The molecule has 0 saturated heterocycles. The molecular formula is C13H11Cl2N3O. The third kappa shape index (κ3) is 2.92. The Morgan fingerprint density at radius 3 is 2.58 bits per heavy atom. The number of nitrogens with one attached hydrogen (secondary N) is 1. The molecule has 0 spiro atoms. The van der Waals surface area contributed by atoms with Crippen LogP contribution in [0.1, 0.15) is 10.4 Å². The Kier molecular flexibility index (Phi) is 3.83. The van der Waals surface area contributed by atoms with Crippen molar-refractivity contribution in [1.82, 2.24) is 0 Å². The third-order valence-electron chi connectivity index (χ3n) is 2.55. The molecule has 0 atom stereocenters. The zero-order valence-corrected chi connectivity index (χ0v) is 11.3. The molecule has 19 heavy (non-hydrogen) atoms. The molecule has 2 aromatic rings. The SMILES string of the molecule is NC(=O)c1cccc(N)c1Nc1cc(Cl)ccc1Cl. The lowest BCUT2D eigenvalue weighted by atomic mass is 10.1. The minimum absolute atomic E-state index is 0.288. The summed E-state index contributed by atoms with van der Waals surface area (Å²) in [5, 5.41) is 3.97. The van der Waals surface area contributed by atoms with E-state index in [2.05, 4.69) is 5.32 Å². The van der Waals surface area contributed by atoms with Gasteiger partial charge in [0.05, 0.1) is 27.6 Å². The second-order valence-electron chi connectivity index (χ2n) is 3.88. The van der Waals surface area contributed by atoms with Crippen molar-refractivity contribution in [2.75, 3.05) is 11.1 Å². The van der Waals surface area contributed by atoms with Gasteiger partial charge in [0.25, 0.3) is 5.91 Å². The Bertz CT molecular complexity index is 644. The lowest BCUT2D eigenvalue weighted by Gasteiger charge is -2.14. The number of para-hydroxylation sites is 1. The number of amides is 1. The van der Waals surface area contributed by atoms with Gasteiger partial charge in [-0.2, -0.15) is 0 Å². The monoisotopic (exact) mass is 295 g/mol. The van der Waals surface area contributed by atoms with Crippen LogP contribution in [-0.4, -0.2) is 5.91 Å². The van der Waals surface area contributed by atoms with Gasteiger partial charge in [-0.1, -0.05) is 29.3 Å². The molecule has 5 N–H and O–H groups in total. The zero-order valence-electron chi connectivity index (χ0n) is 9.78. The highest BCUT2D eigenvalue weighted by Crippen LogP contribution is 2.32. The van der Waals surface area contributed by atoms with Crippen LogP contribution in [0.4, 0.5) is 17.1 Å². The molecule has 0 heterocycles. The highest BCUT2D eigenvalue weighted by molar-refractivity contribution is 6.35. The quantitative estimate of drug-likeness (QED) is 0.759. The van der Waals surface area contributed by atoms with Gasteiger partial charge in [-0.15, -0.1) is 0 Å². The number of anilines is 3. The number of benzene rings is 2. The lowest BCUT2D eigenvalue weighted by Crippen LogP contribution is -2.14. The molecule has 6 heteroatoms. The molecule has 1 amide bonds. The molecule has 2 aromatic carbocycles. The van der Waals surface area contributed by atoms with Gasteiger partial charge in [0, 0.05) is 5.02 Å². The van der Waals surface area contributed by atoms with Crippen LogP contribution in [0.3, 0.4) is 0 Å². The van der Waals surface area contributed by atoms with Gasteiger partial charge in [-0.3, -0.25) is 4.79 Å². The fourth-order valence-corrected chi connectivity index (χ4v) is 1.98. The van der Waals surface area contributed by atoms with Crippen LogP contribution in [0.15, 0.2) is 36.4 Å². The summed E-state index contributed by atoms with van der Waals surface area (Å²) in [6.07, 6.45) is 0. The van der Waals surface area contributed by atoms with Gasteiger partial charge in [-0.05, 0) is 30.3 Å². The summed E-state index contributed by atoms with van der Waals surface area (Å²) in [6.45, 7) is 0. The van der Waals surface area contributed by atoms with Crippen molar-refractivity contribution in [3.8, 4) is 0 Å². The van der Waals surface area contributed by atoms with Crippen LogP contribution in [-0.2, 0) is 0 Å². The molecule has 0 aliphatic heterocycles. The van der Waals surface area contributed by atoms with Crippen molar-refractivity contribution in [3.63, 3.8) is 0 Å². The molecule has 0 aliphatic carbocycles. The summed E-state index contributed by atoms with van der Waals surface area (Å²) in [7, 11) is 0. The van der Waals surface area contributed by atoms with Crippen LogP contribution in [0.5, 0.6) is 0 Å². The normalized spacial score (nSPS) is 10.2. The van der Waals surface area contributed by atoms with E-state index in [1.54, 1.807) is 36.4 Å². The van der Waals surface area contributed by atoms with Crippen LogP contribution in [0.2, 0.25) is 10.0 Å². The molecule has 0 fully saturated rings. The molecule has 0 saturated carbocycles. The molecule has 98 valence electrons. The van der Waals surface area contributed by atoms with E-state index in [1.165, 1.54) is 0 Å². The molecule has 4 nitrogen and oxygen atoms in total. The molecule has 0 radical (unpaired) electrons. The maximum absolute atomic E-state index is 11.4. The molecule has 0 aromatic heterocycles. The van der Waals surface area contributed by atoms with Crippen molar-refractivity contribution >= 4 is 46.2 Å². The Balaban J connectivity index is 2.49. The summed E-state index contributed by atoms with van der Waals surface area (Å²) in [5.74, 6) is -0.576. The number of nitrogens with two attached hydrogens (primary N) is 2. The van der Waals surface area contributed by atoms with Crippen molar-refractivity contribution in [1.29, 1.82) is 0 Å². The Morgan fingerprint density at radius 2 is 1.89 bits per heavy atom. The average Bonchev–Trinajstić information content (AvgIpc) is 2.35. The highest BCUT2D eigenvalue weighted by atomic mass is 35.5. The fourth-order valence-electron chi connectivity index (χ4n) is 1.64. The first-order valence-electron chi connectivity index (χ1n) is 5.39. The van der Waals surface area contributed by atoms with Gasteiger partial charge in [0.1, 0.15) is 0 Å². The number of hydrogen-bond acceptors (Lipinski definition) is 3. The average molecular weight is 296 g/mol. The Labute approximate surface area is 120 Å². The van der Waals surface area contributed by atoms with Gasteiger partial charge in [0.2, 0.25) is 0 Å². The van der Waals surface area contributed by atoms with Crippen LogP contribution >= 0.6 is 23.2 Å². The number of rotatable bonds is 3. The van der Waals surface area contributed by atoms with E-state index in [4.69, 9.17) is 34.7 Å². The van der Waals surface area contributed by atoms with E-state index in [0.29, 0.717) is 27.1 Å². The summed E-state index contributed by atoms with van der Waals surface area (Å²) >= 11 is 12.0. The first-order valence-corrected chi connectivity index (χ1v) is 6.15. The van der Waals surface area contributed by atoms with Crippen molar-refractivity contribution in [3.05, 3.63) is 52.0 Å². The van der Waals surface area contributed by atoms with E-state index in [9.17, 15) is 4.79 Å². The van der Waals surface area contributed by atoms with Crippen LogP contribution in [0, 0.1) is 0 Å². The number of carbonyl (C=O) groups is 1. The van der Waals surface area contributed by atoms with Gasteiger partial charge < -0.3 is 16.8 Å². The van der Waals surface area contributed by atoms with E-state index in [1.807, 2.05) is 0 Å². The topological polar surface area (TPSA) is 81.1 Å². The summed E-state index contributed by atoms with van der Waals surface area (Å²) < 4.78 is 0. The van der Waals surface area contributed by atoms with E-state index in [-0.39, 0.29) is 5.56 Å². The van der Waals surface area contributed by atoms with Gasteiger partial charge in [0.15, 0.2) is 0 Å². The summed E-state index contributed by atoms with van der Waals surface area (Å²) in [4.78, 5) is 11.4. The smallest absolute Gasteiger partial charge is 0.250 e. The van der Waals surface area contributed by atoms with Gasteiger partial charge in [-0.25, -0.2) is 0 Å². The van der Waals surface area contributed by atoms with Gasteiger partial charge >= 0.3 is 0 Å². The molecule has 0 bridgehead atoms. The predicted molar refractivity (Wildman–Crippen MR) is 79.1 cm³/mol. The number of primary amides is 1. The molecule has 0 unspecified atom stereocenters. The number of nitrogen functional groups attached to an aromatic ring is 1. The van der Waals surface area contributed by atoms with Crippen molar-refractivity contribution < 1.29 is 4.79 Å².